The van der Waals surface area contributed by atoms with Crippen LogP contribution in [0, 0.1) is 0 Å². The van der Waals surface area contributed by atoms with E-state index in [1.54, 1.807) is 0 Å². The van der Waals surface area contributed by atoms with Crippen LogP contribution < -0.4 is 5.32 Å². The van der Waals surface area contributed by atoms with Crippen LogP contribution in [0.1, 0.15) is 18.3 Å². The zero-order valence-corrected chi connectivity index (χ0v) is 7.86. The van der Waals surface area contributed by atoms with Crippen molar-refractivity contribution in [3.05, 3.63) is 16.4 Å². The smallest absolute Gasteiger partial charge is 0.0863 e. The van der Waals surface area contributed by atoms with E-state index < -0.39 is 0 Å². The van der Waals surface area contributed by atoms with Gasteiger partial charge in [0.25, 0.3) is 0 Å². The molecule has 0 saturated heterocycles. The minimum Gasteiger partial charge on any atom is -0.309 e. The molecule has 0 aromatic carbocycles. The highest BCUT2D eigenvalue weighted by Crippen LogP contribution is 2.22. The maximum absolute atomic E-state index is 6.12. The van der Waals surface area contributed by atoms with Crippen LogP contribution in [-0.2, 0) is 19.5 Å². The molecule has 1 aliphatic rings. The molecule has 66 valence electrons. The minimum atomic E-state index is 0.852. The summed E-state index contributed by atoms with van der Waals surface area (Å²) in [6.45, 7) is 4.86. The molecule has 0 bridgehead atoms. The quantitative estimate of drug-likeness (QED) is 0.713. The molecule has 0 amide bonds. The molecule has 0 unspecified atom stereocenters. The van der Waals surface area contributed by atoms with Gasteiger partial charge in [0.1, 0.15) is 0 Å². The SMILES string of the molecule is CCc1nn2c(c1Cl)CNCC2. The Balaban J connectivity index is 2.44. The molecule has 12 heavy (non-hydrogen) atoms. The Labute approximate surface area is 76.7 Å². The third-order valence-corrected chi connectivity index (χ3v) is 2.62. The average molecular weight is 186 g/mol. The number of nitrogens with zero attached hydrogens (tertiary/aromatic N) is 2. The van der Waals surface area contributed by atoms with Crippen molar-refractivity contribution in [3.8, 4) is 0 Å². The van der Waals surface area contributed by atoms with E-state index in [0.717, 1.165) is 42.5 Å². The van der Waals surface area contributed by atoms with Crippen LogP contribution in [0.4, 0.5) is 0 Å². The first-order valence-corrected chi connectivity index (χ1v) is 4.65. The van der Waals surface area contributed by atoms with Gasteiger partial charge < -0.3 is 5.32 Å². The van der Waals surface area contributed by atoms with Gasteiger partial charge in [-0.25, -0.2) is 0 Å². The maximum Gasteiger partial charge on any atom is 0.0863 e. The summed E-state index contributed by atoms with van der Waals surface area (Å²) in [4.78, 5) is 0. The molecule has 0 spiro atoms. The minimum absolute atomic E-state index is 0.852. The van der Waals surface area contributed by atoms with Crippen molar-refractivity contribution >= 4 is 11.6 Å². The van der Waals surface area contributed by atoms with E-state index in [0.29, 0.717) is 0 Å². The summed E-state index contributed by atoms with van der Waals surface area (Å²) >= 11 is 6.12. The molecule has 1 aromatic heterocycles. The van der Waals surface area contributed by atoms with Gasteiger partial charge in [-0.05, 0) is 6.42 Å². The lowest BCUT2D eigenvalue weighted by Crippen LogP contribution is -2.28. The van der Waals surface area contributed by atoms with E-state index in [1.165, 1.54) is 0 Å². The number of aryl methyl sites for hydroxylation is 1. The first kappa shape index (κ1) is 8.08. The fourth-order valence-electron chi connectivity index (χ4n) is 1.50. The standard InChI is InChI=1S/C8H12ClN3/c1-2-6-8(9)7-5-10-3-4-12(7)11-6/h10H,2-5H2,1H3. The van der Waals surface area contributed by atoms with Crippen LogP contribution in [0.15, 0.2) is 0 Å². The lowest BCUT2D eigenvalue weighted by Gasteiger charge is -2.14. The van der Waals surface area contributed by atoms with Gasteiger partial charge >= 0.3 is 0 Å². The highest BCUT2D eigenvalue weighted by molar-refractivity contribution is 6.31. The van der Waals surface area contributed by atoms with Crippen molar-refractivity contribution < 1.29 is 0 Å². The molecule has 4 heteroatoms. The molecular weight excluding hydrogens is 174 g/mol. The van der Waals surface area contributed by atoms with E-state index in [-0.39, 0.29) is 0 Å². The molecule has 0 saturated carbocycles. The predicted molar refractivity (Wildman–Crippen MR) is 48.3 cm³/mol. The molecule has 0 fully saturated rings. The van der Waals surface area contributed by atoms with E-state index >= 15 is 0 Å². The molecule has 2 heterocycles. The Morgan fingerprint density at radius 3 is 3.17 bits per heavy atom. The molecule has 2 rings (SSSR count). The van der Waals surface area contributed by atoms with Crippen molar-refractivity contribution in [1.82, 2.24) is 15.1 Å². The molecule has 0 radical (unpaired) electrons. The Morgan fingerprint density at radius 1 is 1.67 bits per heavy atom. The molecule has 3 nitrogen and oxygen atoms in total. The Kier molecular flexibility index (Phi) is 2.07. The molecule has 1 N–H and O–H groups in total. The maximum atomic E-state index is 6.12. The lowest BCUT2D eigenvalue weighted by atomic mass is 10.3. The molecule has 0 atom stereocenters. The average Bonchev–Trinajstić information content (AvgIpc) is 2.44. The predicted octanol–water partition coefficient (Wildman–Crippen LogP) is 1.20. The van der Waals surface area contributed by atoms with E-state index in [1.807, 2.05) is 4.68 Å². The van der Waals surface area contributed by atoms with Crippen molar-refractivity contribution in [2.45, 2.75) is 26.4 Å². The van der Waals surface area contributed by atoms with Crippen LogP contribution in [0.2, 0.25) is 5.02 Å². The lowest BCUT2D eigenvalue weighted by molar-refractivity contribution is 0.473. The fourth-order valence-corrected chi connectivity index (χ4v) is 1.84. The Bertz CT molecular complexity index is 293. The second kappa shape index (κ2) is 3.07. The summed E-state index contributed by atoms with van der Waals surface area (Å²) in [6, 6.07) is 0. The second-order valence-corrected chi connectivity index (χ2v) is 3.34. The highest BCUT2D eigenvalue weighted by atomic mass is 35.5. The van der Waals surface area contributed by atoms with Crippen LogP contribution >= 0.6 is 11.6 Å². The van der Waals surface area contributed by atoms with Gasteiger partial charge in [0, 0.05) is 13.1 Å². The molecule has 0 aliphatic carbocycles. The van der Waals surface area contributed by atoms with Crippen LogP contribution in [-0.4, -0.2) is 16.3 Å². The third kappa shape index (κ3) is 1.13. The highest BCUT2D eigenvalue weighted by Gasteiger charge is 2.16. The van der Waals surface area contributed by atoms with Crippen LogP contribution in [0.5, 0.6) is 0 Å². The summed E-state index contributed by atoms with van der Waals surface area (Å²) in [5.41, 5.74) is 2.16. The fraction of sp³-hybridized carbons (Fsp3) is 0.625. The molecule has 1 aromatic rings. The first-order chi connectivity index (χ1) is 5.83. The zero-order valence-electron chi connectivity index (χ0n) is 7.10. The van der Waals surface area contributed by atoms with Gasteiger partial charge in [-0.1, -0.05) is 18.5 Å². The van der Waals surface area contributed by atoms with Crippen molar-refractivity contribution in [3.63, 3.8) is 0 Å². The number of halogens is 1. The first-order valence-electron chi connectivity index (χ1n) is 4.27. The zero-order chi connectivity index (χ0) is 8.55. The van der Waals surface area contributed by atoms with Crippen molar-refractivity contribution in [1.29, 1.82) is 0 Å². The number of aromatic nitrogens is 2. The summed E-state index contributed by atoms with van der Waals surface area (Å²) in [5.74, 6) is 0. The van der Waals surface area contributed by atoms with Gasteiger partial charge in [0.15, 0.2) is 0 Å². The van der Waals surface area contributed by atoms with Crippen LogP contribution in [0.3, 0.4) is 0 Å². The Hall–Kier alpha value is -0.540. The van der Waals surface area contributed by atoms with Crippen LogP contribution in [0.25, 0.3) is 0 Å². The van der Waals surface area contributed by atoms with Gasteiger partial charge in [-0.15, -0.1) is 0 Å². The van der Waals surface area contributed by atoms with Gasteiger partial charge in [0.2, 0.25) is 0 Å². The normalized spacial score (nSPS) is 16.2. The molecule has 1 aliphatic heterocycles. The largest absolute Gasteiger partial charge is 0.309 e. The second-order valence-electron chi connectivity index (χ2n) is 2.96. The number of hydrogen-bond acceptors (Lipinski definition) is 2. The van der Waals surface area contributed by atoms with E-state index in [9.17, 15) is 0 Å². The summed E-state index contributed by atoms with van der Waals surface area (Å²) in [6.07, 6.45) is 0.916. The monoisotopic (exact) mass is 185 g/mol. The number of hydrogen-bond donors (Lipinski definition) is 1. The summed E-state index contributed by atoms with van der Waals surface area (Å²) in [5, 5.41) is 8.54. The number of nitrogens with one attached hydrogen (secondary N) is 1. The van der Waals surface area contributed by atoms with Gasteiger partial charge in [-0.2, -0.15) is 5.10 Å². The topological polar surface area (TPSA) is 29.9 Å². The summed E-state index contributed by atoms with van der Waals surface area (Å²) in [7, 11) is 0. The third-order valence-electron chi connectivity index (χ3n) is 2.19. The summed E-state index contributed by atoms with van der Waals surface area (Å²) < 4.78 is 2.01. The number of fused-ring (bicyclic) bond motifs is 1. The van der Waals surface area contributed by atoms with E-state index in [2.05, 4.69) is 17.3 Å². The Morgan fingerprint density at radius 2 is 2.50 bits per heavy atom. The van der Waals surface area contributed by atoms with Crippen molar-refractivity contribution in [2.24, 2.45) is 0 Å². The number of rotatable bonds is 1. The van der Waals surface area contributed by atoms with Gasteiger partial charge in [0.05, 0.1) is 23.0 Å². The van der Waals surface area contributed by atoms with Crippen molar-refractivity contribution in [2.75, 3.05) is 6.54 Å². The molecular formula is C8H12ClN3. The van der Waals surface area contributed by atoms with Gasteiger partial charge in [-0.3, -0.25) is 4.68 Å². The van der Waals surface area contributed by atoms with E-state index in [4.69, 9.17) is 11.6 Å².